The first kappa shape index (κ1) is 19.9. The second kappa shape index (κ2) is 8.93. The maximum absolute atomic E-state index is 13.1. The second-order valence-electron chi connectivity index (χ2n) is 7.68. The number of nitrogens with zero attached hydrogens (tertiary/aromatic N) is 1. The maximum Gasteiger partial charge on any atom is 0.252 e. The van der Waals surface area contributed by atoms with Crippen molar-refractivity contribution in [2.24, 2.45) is 0 Å². The van der Waals surface area contributed by atoms with E-state index in [0.29, 0.717) is 11.6 Å². The van der Waals surface area contributed by atoms with Gasteiger partial charge in [0.15, 0.2) is 0 Å². The molecule has 0 radical (unpaired) electrons. The molecule has 5 nitrogen and oxygen atoms in total. The van der Waals surface area contributed by atoms with Gasteiger partial charge in [0.2, 0.25) is 0 Å². The molecule has 1 aliphatic rings. The summed E-state index contributed by atoms with van der Waals surface area (Å²) in [5.74, 6) is -0.0809. The highest BCUT2D eigenvalue weighted by molar-refractivity contribution is 7.82. The third kappa shape index (κ3) is 4.95. The normalized spacial score (nSPS) is 15.9. The third-order valence-corrected chi connectivity index (χ3v) is 6.25. The van der Waals surface area contributed by atoms with E-state index in [1.54, 1.807) is 16.4 Å². The van der Waals surface area contributed by atoms with Crippen LogP contribution in [0.1, 0.15) is 35.2 Å². The van der Waals surface area contributed by atoms with Crippen LogP contribution >= 0.6 is 0 Å². The Balaban J connectivity index is 1.51. The van der Waals surface area contributed by atoms with Crippen molar-refractivity contribution in [1.29, 1.82) is 0 Å². The van der Waals surface area contributed by atoms with Gasteiger partial charge in [-0.25, -0.2) is 4.21 Å². The first-order valence-electron chi connectivity index (χ1n) is 10.1. The maximum atomic E-state index is 13.1. The largest absolute Gasteiger partial charge is 0.349 e. The molecule has 4 rings (SSSR count). The molecule has 2 atom stereocenters. The first-order valence-corrected chi connectivity index (χ1v) is 11.7. The zero-order valence-electron chi connectivity index (χ0n) is 16.6. The van der Waals surface area contributed by atoms with E-state index in [1.807, 2.05) is 42.5 Å². The number of carbonyl (C=O) groups excluding carboxylic acids is 1. The standard InChI is InChI=1S/C23H27N3O2S/c1-29(28)26-15-13-20-21(8-5-9-22(20)26)23(27)25-19(12-14-24-18-10-11-18)16-17-6-3-2-4-7-17/h2-9,13,15,18-19,24H,10-12,14,16H2,1H3,(H,25,27). The molecule has 1 fully saturated rings. The van der Waals surface area contributed by atoms with Crippen LogP contribution in [0.4, 0.5) is 0 Å². The molecule has 29 heavy (non-hydrogen) atoms. The monoisotopic (exact) mass is 409 g/mol. The molecule has 2 aromatic carbocycles. The smallest absolute Gasteiger partial charge is 0.252 e. The number of hydrogen-bond acceptors (Lipinski definition) is 3. The van der Waals surface area contributed by atoms with E-state index in [4.69, 9.17) is 0 Å². The highest BCUT2D eigenvalue weighted by Gasteiger charge is 2.22. The first-order chi connectivity index (χ1) is 14.1. The van der Waals surface area contributed by atoms with Crippen LogP contribution in [0.25, 0.3) is 10.9 Å². The summed E-state index contributed by atoms with van der Waals surface area (Å²) in [6.07, 6.45) is 7.61. The molecule has 2 unspecified atom stereocenters. The molecule has 1 aromatic heterocycles. The van der Waals surface area contributed by atoms with Crippen LogP contribution in [-0.4, -0.2) is 39.0 Å². The average Bonchev–Trinajstić information content (AvgIpc) is 3.43. The van der Waals surface area contributed by atoms with Crippen molar-refractivity contribution in [2.45, 2.75) is 37.8 Å². The van der Waals surface area contributed by atoms with Gasteiger partial charge in [-0.15, -0.1) is 0 Å². The Labute approximate surface area is 174 Å². The van der Waals surface area contributed by atoms with Gasteiger partial charge in [0.1, 0.15) is 11.0 Å². The molecule has 0 spiro atoms. The SMILES string of the molecule is CS(=O)n1ccc2c(C(=O)NC(CCNC3CC3)Cc3ccccc3)cccc21. The molecular weight excluding hydrogens is 382 g/mol. The molecule has 1 amide bonds. The lowest BCUT2D eigenvalue weighted by Crippen LogP contribution is -2.39. The van der Waals surface area contributed by atoms with E-state index in [2.05, 4.69) is 22.8 Å². The van der Waals surface area contributed by atoms with Gasteiger partial charge in [-0.2, -0.15) is 0 Å². The van der Waals surface area contributed by atoms with Gasteiger partial charge < -0.3 is 10.6 Å². The molecule has 0 aliphatic heterocycles. The number of amides is 1. The van der Waals surface area contributed by atoms with E-state index >= 15 is 0 Å². The highest BCUT2D eigenvalue weighted by atomic mass is 32.2. The Kier molecular flexibility index (Phi) is 6.11. The van der Waals surface area contributed by atoms with Gasteiger partial charge >= 0.3 is 0 Å². The van der Waals surface area contributed by atoms with Crippen LogP contribution in [-0.2, 0) is 17.4 Å². The minimum atomic E-state index is -1.16. The van der Waals surface area contributed by atoms with Crippen molar-refractivity contribution in [2.75, 3.05) is 12.8 Å². The van der Waals surface area contributed by atoms with Crippen LogP contribution in [0.5, 0.6) is 0 Å². The molecule has 1 saturated carbocycles. The predicted molar refractivity (Wildman–Crippen MR) is 118 cm³/mol. The highest BCUT2D eigenvalue weighted by Crippen LogP contribution is 2.22. The van der Waals surface area contributed by atoms with E-state index in [9.17, 15) is 9.00 Å². The van der Waals surface area contributed by atoms with Crippen LogP contribution < -0.4 is 10.6 Å². The summed E-state index contributed by atoms with van der Waals surface area (Å²) in [7, 11) is -1.16. The number of aromatic nitrogens is 1. The zero-order chi connectivity index (χ0) is 20.2. The fourth-order valence-electron chi connectivity index (χ4n) is 3.70. The zero-order valence-corrected chi connectivity index (χ0v) is 17.5. The average molecular weight is 410 g/mol. The number of nitrogens with one attached hydrogen (secondary N) is 2. The Morgan fingerprint density at radius 2 is 1.93 bits per heavy atom. The number of carbonyl (C=O) groups is 1. The van der Waals surface area contributed by atoms with Crippen molar-refractivity contribution in [3.8, 4) is 0 Å². The molecule has 6 heteroatoms. The number of hydrogen-bond donors (Lipinski definition) is 2. The van der Waals surface area contributed by atoms with Gasteiger partial charge in [-0.05, 0) is 56.0 Å². The summed E-state index contributed by atoms with van der Waals surface area (Å²) in [5, 5.41) is 7.61. The fourth-order valence-corrected chi connectivity index (χ4v) is 4.37. The Bertz CT molecular complexity index is 1010. The number of rotatable bonds is 9. The van der Waals surface area contributed by atoms with E-state index in [0.717, 1.165) is 30.3 Å². The van der Waals surface area contributed by atoms with Gasteiger partial charge in [-0.1, -0.05) is 36.4 Å². The molecule has 2 N–H and O–H groups in total. The third-order valence-electron chi connectivity index (χ3n) is 5.38. The van der Waals surface area contributed by atoms with Gasteiger partial charge in [0.05, 0.1) is 5.52 Å². The molecule has 152 valence electrons. The molecule has 0 bridgehead atoms. The quantitative estimate of drug-likeness (QED) is 0.570. The molecule has 0 saturated heterocycles. The van der Waals surface area contributed by atoms with E-state index in [-0.39, 0.29) is 11.9 Å². The Morgan fingerprint density at radius 1 is 1.14 bits per heavy atom. The molecule has 1 aliphatic carbocycles. The second-order valence-corrected chi connectivity index (χ2v) is 8.92. The van der Waals surface area contributed by atoms with Crippen LogP contribution in [0.2, 0.25) is 0 Å². The van der Waals surface area contributed by atoms with Gasteiger partial charge in [0.25, 0.3) is 5.91 Å². The number of benzene rings is 2. The van der Waals surface area contributed by atoms with E-state index < -0.39 is 11.0 Å². The molecule has 3 aromatic rings. The molecular formula is C23H27N3O2S. The Hall–Kier alpha value is -2.44. The minimum Gasteiger partial charge on any atom is -0.349 e. The summed E-state index contributed by atoms with van der Waals surface area (Å²) >= 11 is 0. The predicted octanol–water partition coefficient (Wildman–Crippen LogP) is 3.27. The van der Waals surface area contributed by atoms with Crippen molar-refractivity contribution in [3.63, 3.8) is 0 Å². The van der Waals surface area contributed by atoms with Crippen LogP contribution in [0, 0.1) is 0 Å². The summed E-state index contributed by atoms with van der Waals surface area (Å²) in [6.45, 7) is 0.901. The van der Waals surface area contributed by atoms with Crippen molar-refractivity contribution in [3.05, 3.63) is 71.9 Å². The summed E-state index contributed by atoms with van der Waals surface area (Å²) in [6, 6.07) is 18.4. The topological polar surface area (TPSA) is 63.1 Å². The van der Waals surface area contributed by atoms with Crippen LogP contribution in [0.3, 0.4) is 0 Å². The lowest BCUT2D eigenvalue weighted by Gasteiger charge is -2.20. The van der Waals surface area contributed by atoms with Gasteiger partial charge in [-0.3, -0.25) is 8.77 Å². The lowest BCUT2D eigenvalue weighted by molar-refractivity contribution is 0.0936. The number of fused-ring (bicyclic) bond motifs is 1. The fraction of sp³-hybridized carbons (Fsp3) is 0.348. The van der Waals surface area contributed by atoms with Crippen molar-refractivity contribution >= 4 is 27.8 Å². The van der Waals surface area contributed by atoms with Gasteiger partial charge in [0, 0.05) is 35.5 Å². The van der Waals surface area contributed by atoms with E-state index in [1.165, 1.54) is 18.4 Å². The van der Waals surface area contributed by atoms with Crippen LogP contribution in [0.15, 0.2) is 60.8 Å². The minimum absolute atomic E-state index is 0.0498. The molecule has 1 heterocycles. The summed E-state index contributed by atoms with van der Waals surface area (Å²) < 4.78 is 13.6. The Morgan fingerprint density at radius 3 is 2.66 bits per heavy atom. The van der Waals surface area contributed by atoms with Crippen molar-refractivity contribution in [1.82, 2.24) is 14.6 Å². The summed E-state index contributed by atoms with van der Waals surface area (Å²) in [5.41, 5.74) is 2.66. The summed E-state index contributed by atoms with van der Waals surface area (Å²) in [4.78, 5) is 13.1. The lowest BCUT2D eigenvalue weighted by atomic mass is 10.0. The van der Waals surface area contributed by atoms with Crippen molar-refractivity contribution < 1.29 is 9.00 Å².